The highest BCUT2D eigenvalue weighted by molar-refractivity contribution is 5.82. The van der Waals surface area contributed by atoms with Crippen molar-refractivity contribution in [2.45, 2.75) is 32.7 Å². The topological polar surface area (TPSA) is 81.6 Å². The van der Waals surface area contributed by atoms with E-state index in [1.165, 1.54) is 0 Å². The molecular weight excluding hydrogens is 220 g/mol. The Morgan fingerprint density at radius 1 is 1.47 bits per heavy atom. The molecule has 0 bridgehead atoms. The molecule has 0 aromatic heterocycles. The van der Waals surface area contributed by atoms with Crippen molar-refractivity contribution in [2.75, 3.05) is 26.3 Å². The Hall–Kier alpha value is -0.650. The quantitative estimate of drug-likeness (QED) is 0.524. The van der Waals surface area contributed by atoms with Crippen molar-refractivity contribution in [1.29, 1.82) is 0 Å². The summed E-state index contributed by atoms with van der Waals surface area (Å²) in [7, 11) is 0. The van der Waals surface area contributed by atoms with Gasteiger partial charge in [0.05, 0.1) is 19.3 Å². The number of amides is 1. The normalized spacial score (nSPS) is 21.6. The molecule has 0 saturated carbocycles. The number of piperidine rings is 1. The van der Waals surface area contributed by atoms with E-state index in [0.717, 1.165) is 25.9 Å². The van der Waals surface area contributed by atoms with Crippen LogP contribution in [0.5, 0.6) is 0 Å². The average Bonchev–Trinajstić information content (AvgIpc) is 2.36. The van der Waals surface area contributed by atoms with Gasteiger partial charge in [0.25, 0.3) is 0 Å². The van der Waals surface area contributed by atoms with E-state index in [-0.39, 0.29) is 19.1 Å². The largest absolute Gasteiger partial charge is 0.394 e. The SMILES string of the molecule is CC(C)(C(=O)NC(CO)CO)C1CCCNC1. The summed E-state index contributed by atoms with van der Waals surface area (Å²) < 4.78 is 0. The molecule has 0 spiro atoms. The Kier molecular flexibility index (Phi) is 5.36. The van der Waals surface area contributed by atoms with Gasteiger partial charge >= 0.3 is 0 Å². The van der Waals surface area contributed by atoms with E-state index in [4.69, 9.17) is 10.2 Å². The van der Waals surface area contributed by atoms with E-state index in [2.05, 4.69) is 10.6 Å². The summed E-state index contributed by atoms with van der Waals surface area (Å²) in [6.07, 6.45) is 2.13. The number of aliphatic hydroxyl groups is 2. The van der Waals surface area contributed by atoms with Crippen molar-refractivity contribution in [1.82, 2.24) is 10.6 Å². The minimum absolute atomic E-state index is 0.0979. The van der Waals surface area contributed by atoms with Gasteiger partial charge in [-0.1, -0.05) is 13.8 Å². The van der Waals surface area contributed by atoms with Gasteiger partial charge in [0.2, 0.25) is 5.91 Å². The standard InChI is InChI=1S/C12H24N2O3/c1-12(2,9-4-3-5-13-6-9)11(17)14-10(7-15)8-16/h9-10,13,15-16H,3-8H2,1-2H3,(H,14,17). The Bertz CT molecular complexity index is 246. The molecule has 1 fully saturated rings. The predicted molar refractivity (Wildman–Crippen MR) is 65.5 cm³/mol. The summed E-state index contributed by atoms with van der Waals surface area (Å²) >= 11 is 0. The molecule has 1 aliphatic heterocycles. The molecule has 1 saturated heterocycles. The van der Waals surface area contributed by atoms with Crippen molar-refractivity contribution >= 4 is 5.91 Å². The lowest BCUT2D eigenvalue weighted by Gasteiger charge is -2.36. The second-order valence-electron chi connectivity index (χ2n) is 5.30. The van der Waals surface area contributed by atoms with Gasteiger partial charge in [0, 0.05) is 5.41 Å². The van der Waals surface area contributed by atoms with Gasteiger partial charge in [-0.05, 0) is 31.8 Å². The number of aliphatic hydroxyl groups excluding tert-OH is 2. The van der Waals surface area contributed by atoms with Gasteiger partial charge in [-0.2, -0.15) is 0 Å². The van der Waals surface area contributed by atoms with Crippen LogP contribution in [0.4, 0.5) is 0 Å². The van der Waals surface area contributed by atoms with Crippen LogP contribution in [-0.4, -0.2) is 48.5 Å². The van der Waals surface area contributed by atoms with Gasteiger partial charge in [-0.25, -0.2) is 0 Å². The number of rotatable bonds is 5. The number of carbonyl (C=O) groups excluding carboxylic acids is 1. The minimum Gasteiger partial charge on any atom is -0.394 e. The summed E-state index contributed by atoms with van der Waals surface area (Å²) in [5.74, 6) is 0.202. The molecule has 1 amide bonds. The van der Waals surface area contributed by atoms with Gasteiger partial charge in [0.15, 0.2) is 0 Å². The van der Waals surface area contributed by atoms with Crippen LogP contribution in [0.3, 0.4) is 0 Å². The molecule has 1 heterocycles. The second kappa shape index (κ2) is 6.33. The molecule has 0 aromatic rings. The first-order chi connectivity index (χ1) is 8.02. The molecule has 1 atom stereocenters. The van der Waals surface area contributed by atoms with E-state index in [0.29, 0.717) is 5.92 Å². The van der Waals surface area contributed by atoms with Crippen LogP contribution < -0.4 is 10.6 Å². The van der Waals surface area contributed by atoms with E-state index in [9.17, 15) is 4.79 Å². The Morgan fingerprint density at radius 2 is 2.12 bits per heavy atom. The lowest BCUT2D eigenvalue weighted by Crippen LogP contribution is -2.51. The summed E-state index contributed by atoms with van der Waals surface area (Å²) in [4.78, 5) is 12.1. The van der Waals surface area contributed by atoms with Crippen LogP contribution in [0.15, 0.2) is 0 Å². The lowest BCUT2D eigenvalue weighted by atomic mass is 9.74. The Balaban J connectivity index is 2.58. The lowest BCUT2D eigenvalue weighted by molar-refractivity contribution is -0.134. The Labute approximate surface area is 103 Å². The van der Waals surface area contributed by atoms with Gasteiger partial charge in [-0.15, -0.1) is 0 Å². The first-order valence-electron chi connectivity index (χ1n) is 6.25. The van der Waals surface area contributed by atoms with Gasteiger partial charge in [0.1, 0.15) is 0 Å². The third kappa shape index (κ3) is 3.66. The van der Waals surface area contributed by atoms with E-state index >= 15 is 0 Å². The maximum absolute atomic E-state index is 12.1. The molecule has 0 radical (unpaired) electrons. The fourth-order valence-corrected chi connectivity index (χ4v) is 2.17. The number of hydrogen-bond donors (Lipinski definition) is 4. The summed E-state index contributed by atoms with van der Waals surface area (Å²) in [5, 5.41) is 23.9. The molecule has 4 N–H and O–H groups in total. The summed E-state index contributed by atoms with van der Waals surface area (Å²) in [5.41, 5.74) is -0.476. The average molecular weight is 244 g/mol. The molecule has 100 valence electrons. The fraction of sp³-hybridized carbons (Fsp3) is 0.917. The van der Waals surface area contributed by atoms with Crippen molar-refractivity contribution < 1.29 is 15.0 Å². The molecule has 17 heavy (non-hydrogen) atoms. The first kappa shape index (κ1) is 14.4. The molecule has 0 aromatic carbocycles. The molecule has 5 nitrogen and oxygen atoms in total. The van der Waals surface area contributed by atoms with E-state index < -0.39 is 11.5 Å². The van der Waals surface area contributed by atoms with Crippen molar-refractivity contribution in [3.8, 4) is 0 Å². The monoisotopic (exact) mass is 244 g/mol. The van der Waals surface area contributed by atoms with Crippen molar-refractivity contribution in [2.24, 2.45) is 11.3 Å². The van der Waals surface area contributed by atoms with Crippen LogP contribution in [0, 0.1) is 11.3 Å². The molecule has 1 rings (SSSR count). The van der Waals surface area contributed by atoms with Crippen LogP contribution in [0.2, 0.25) is 0 Å². The third-order valence-electron chi connectivity index (χ3n) is 3.68. The maximum atomic E-state index is 12.1. The molecule has 0 aliphatic carbocycles. The first-order valence-corrected chi connectivity index (χ1v) is 6.25. The zero-order valence-corrected chi connectivity index (χ0v) is 10.7. The third-order valence-corrected chi connectivity index (χ3v) is 3.68. The molecule has 1 unspecified atom stereocenters. The van der Waals surface area contributed by atoms with E-state index in [1.807, 2.05) is 13.8 Å². The second-order valence-corrected chi connectivity index (χ2v) is 5.30. The minimum atomic E-state index is -0.557. The number of carbonyl (C=O) groups is 1. The van der Waals surface area contributed by atoms with Crippen LogP contribution in [-0.2, 0) is 4.79 Å². The van der Waals surface area contributed by atoms with Gasteiger partial charge < -0.3 is 20.8 Å². The number of nitrogens with one attached hydrogen (secondary N) is 2. The highest BCUT2D eigenvalue weighted by atomic mass is 16.3. The molecular formula is C12H24N2O3. The summed E-state index contributed by atoms with van der Waals surface area (Å²) in [6.45, 7) is 5.24. The van der Waals surface area contributed by atoms with E-state index in [1.54, 1.807) is 0 Å². The highest BCUT2D eigenvalue weighted by Gasteiger charge is 2.37. The zero-order chi connectivity index (χ0) is 12.9. The summed E-state index contributed by atoms with van der Waals surface area (Å²) in [6, 6.07) is -0.557. The molecule has 5 heteroatoms. The van der Waals surface area contributed by atoms with Crippen LogP contribution in [0.1, 0.15) is 26.7 Å². The maximum Gasteiger partial charge on any atom is 0.226 e. The smallest absolute Gasteiger partial charge is 0.226 e. The van der Waals surface area contributed by atoms with Crippen LogP contribution >= 0.6 is 0 Å². The van der Waals surface area contributed by atoms with Gasteiger partial charge in [-0.3, -0.25) is 4.79 Å². The Morgan fingerprint density at radius 3 is 2.59 bits per heavy atom. The molecule has 1 aliphatic rings. The highest BCUT2D eigenvalue weighted by Crippen LogP contribution is 2.31. The zero-order valence-electron chi connectivity index (χ0n) is 10.7. The number of hydrogen-bond acceptors (Lipinski definition) is 4. The van der Waals surface area contributed by atoms with Crippen molar-refractivity contribution in [3.05, 3.63) is 0 Å². The predicted octanol–water partition coefficient (Wildman–Crippen LogP) is -0.518. The van der Waals surface area contributed by atoms with Crippen molar-refractivity contribution in [3.63, 3.8) is 0 Å². The van der Waals surface area contributed by atoms with Crippen LogP contribution in [0.25, 0.3) is 0 Å². The fourth-order valence-electron chi connectivity index (χ4n) is 2.17.